The molecule has 0 spiro atoms. The highest BCUT2D eigenvalue weighted by atomic mass is 19.4. The minimum atomic E-state index is -4.30. The maximum Gasteiger partial charge on any atom is 0.416 e. The molecule has 0 saturated carbocycles. The van der Waals surface area contributed by atoms with Gasteiger partial charge in [0.1, 0.15) is 0 Å². The van der Waals surface area contributed by atoms with E-state index in [4.69, 9.17) is 0 Å². The van der Waals surface area contributed by atoms with Crippen LogP contribution in [0.1, 0.15) is 31.9 Å². The van der Waals surface area contributed by atoms with Crippen molar-refractivity contribution in [1.29, 1.82) is 0 Å². The molecular weight excluding hydrogens is 277 g/mol. The Morgan fingerprint density at radius 1 is 0.857 bits per heavy atom. The maximum atomic E-state index is 13.1. The zero-order valence-electron chi connectivity index (χ0n) is 13.1. The fourth-order valence-electron chi connectivity index (χ4n) is 2.46. The number of anilines is 1. The van der Waals surface area contributed by atoms with Gasteiger partial charge in [0.25, 0.3) is 0 Å². The van der Waals surface area contributed by atoms with Crippen molar-refractivity contribution in [2.24, 2.45) is 0 Å². The minimum Gasteiger partial charge on any atom is -0.369 e. The molecule has 118 valence electrons. The molecule has 21 heavy (non-hydrogen) atoms. The van der Waals surface area contributed by atoms with Crippen LogP contribution in [0.2, 0.25) is 0 Å². The number of piperazine rings is 1. The lowest BCUT2D eigenvalue weighted by molar-refractivity contribution is -0.137. The Morgan fingerprint density at radius 2 is 1.38 bits per heavy atom. The number of likely N-dealkylation sites (N-methyl/N-ethyl adjacent to an activating group) is 1. The summed E-state index contributed by atoms with van der Waals surface area (Å²) < 4.78 is 39.4. The summed E-state index contributed by atoms with van der Waals surface area (Å²) >= 11 is 0. The molecule has 0 aliphatic carbocycles. The van der Waals surface area contributed by atoms with Crippen molar-refractivity contribution in [2.45, 2.75) is 32.4 Å². The first-order valence-corrected chi connectivity index (χ1v) is 7.23. The molecule has 1 aliphatic rings. The van der Waals surface area contributed by atoms with Crippen LogP contribution in [-0.4, -0.2) is 38.1 Å². The molecule has 0 atom stereocenters. The van der Waals surface area contributed by atoms with E-state index in [2.05, 4.69) is 4.90 Å². The Hall–Kier alpha value is -1.23. The van der Waals surface area contributed by atoms with E-state index in [0.717, 1.165) is 31.7 Å². The Kier molecular flexibility index (Phi) is 4.24. The highest BCUT2D eigenvalue weighted by Gasteiger charge is 2.33. The third-order valence-electron chi connectivity index (χ3n) is 3.98. The summed E-state index contributed by atoms with van der Waals surface area (Å²) in [5.41, 5.74) is 0.556. The second-order valence-corrected chi connectivity index (χ2v) is 6.81. The van der Waals surface area contributed by atoms with Crippen LogP contribution in [0.25, 0.3) is 0 Å². The monoisotopic (exact) mass is 300 g/mol. The fraction of sp³-hybridized carbons (Fsp3) is 0.625. The van der Waals surface area contributed by atoms with Gasteiger partial charge in [0.05, 0.1) is 5.56 Å². The quantitative estimate of drug-likeness (QED) is 0.779. The number of benzene rings is 1. The number of alkyl halides is 3. The lowest BCUT2D eigenvalue weighted by Gasteiger charge is -2.35. The summed E-state index contributed by atoms with van der Waals surface area (Å²) in [6.07, 6.45) is -4.30. The first-order valence-electron chi connectivity index (χ1n) is 7.23. The molecule has 0 unspecified atom stereocenters. The SMILES string of the molecule is CN1CCN(c2cc(C(C)(C)C)cc(C(F)(F)F)c2)CC1. The normalized spacial score (nSPS) is 18.1. The van der Waals surface area contributed by atoms with Crippen LogP contribution >= 0.6 is 0 Å². The van der Waals surface area contributed by atoms with Crippen molar-refractivity contribution in [1.82, 2.24) is 4.90 Å². The van der Waals surface area contributed by atoms with E-state index in [1.54, 1.807) is 0 Å². The number of halogens is 3. The van der Waals surface area contributed by atoms with Crippen molar-refractivity contribution < 1.29 is 13.2 Å². The van der Waals surface area contributed by atoms with Gasteiger partial charge in [-0.25, -0.2) is 0 Å². The van der Waals surface area contributed by atoms with E-state index in [-0.39, 0.29) is 5.41 Å². The summed E-state index contributed by atoms with van der Waals surface area (Å²) in [7, 11) is 2.03. The number of nitrogens with zero attached hydrogens (tertiary/aromatic N) is 2. The van der Waals surface area contributed by atoms with Crippen molar-refractivity contribution in [3.05, 3.63) is 29.3 Å². The molecule has 0 aromatic heterocycles. The molecule has 2 rings (SSSR count). The third-order valence-corrected chi connectivity index (χ3v) is 3.98. The molecular formula is C16H23F3N2. The largest absolute Gasteiger partial charge is 0.416 e. The van der Waals surface area contributed by atoms with E-state index in [1.165, 1.54) is 12.1 Å². The second kappa shape index (κ2) is 5.52. The molecule has 1 saturated heterocycles. The topological polar surface area (TPSA) is 6.48 Å². The van der Waals surface area contributed by atoms with Gasteiger partial charge in [-0.3, -0.25) is 0 Å². The standard InChI is InChI=1S/C16H23F3N2/c1-15(2,3)12-9-13(16(17,18)19)11-14(10-12)21-7-5-20(4)6-8-21/h9-11H,5-8H2,1-4H3. The second-order valence-electron chi connectivity index (χ2n) is 6.81. The van der Waals surface area contributed by atoms with Gasteiger partial charge in [-0.15, -0.1) is 0 Å². The Morgan fingerprint density at radius 3 is 1.86 bits per heavy atom. The molecule has 0 amide bonds. The van der Waals surface area contributed by atoms with Crippen LogP contribution < -0.4 is 4.90 Å². The minimum absolute atomic E-state index is 0.303. The van der Waals surface area contributed by atoms with Gasteiger partial charge in [-0.05, 0) is 36.2 Å². The zero-order valence-corrected chi connectivity index (χ0v) is 13.1. The van der Waals surface area contributed by atoms with E-state index in [1.807, 2.05) is 38.8 Å². The van der Waals surface area contributed by atoms with Crippen LogP contribution in [0.3, 0.4) is 0 Å². The molecule has 1 heterocycles. The van der Waals surface area contributed by atoms with Crippen LogP contribution in [0, 0.1) is 0 Å². The molecule has 1 aliphatic heterocycles. The molecule has 1 aromatic carbocycles. The van der Waals surface area contributed by atoms with Crippen molar-refractivity contribution in [2.75, 3.05) is 38.1 Å². The molecule has 5 heteroatoms. The summed E-state index contributed by atoms with van der Waals surface area (Å²) in [4.78, 5) is 4.24. The Bertz CT molecular complexity index is 463. The van der Waals surface area contributed by atoms with Crippen molar-refractivity contribution >= 4 is 5.69 Å². The van der Waals surface area contributed by atoms with E-state index in [0.29, 0.717) is 5.69 Å². The van der Waals surface area contributed by atoms with Gasteiger partial charge in [0.15, 0.2) is 0 Å². The zero-order chi connectivity index (χ0) is 15.8. The first-order chi connectivity index (χ1) is 9.57. The summed E-state index contributed by atoms with van der Waals surface area (Å²) in [5, 5.41) is 0. The highest BCUT2D eigenvalue weighted by Crippen LogP contribution is 2.36. The number of rotatable bonds is 1. The van der Waals surface area contributed by atoms with Gasteiger partial charge in [-0.2, -0.15) is 13.2 Å². The average Bonchev–Trinajstić information content (AvgIpc) is 2.37. The van der Waals surface area contributed by atoms with Gasteiger partial charge in [0.2, 0.25) is 0 Å². The molecule has 0 N–H and O–H groups in total. The first kappa shape index (κ1) is 16.1. The summed E-state index contributed by atoms with van der Waals surface area (Å²) in [5.74, 6) is 0. The number of hydrogen-bond donors (Lipinski definition) is 0. The highest BCUT2D eigenvalue weighted by molar-refractivity contribution is 5.53. The van der Waals surface area contributed by atoms with Crippen LogP contribution in [0.15, 0.2) is 18.2 Å². The summed E-state index contributed by atoms with van der Waals surface area (Å²) in [6, 6.07) is 4.46. The van der Waals surface area contributed by atoms with Crippen LogP contribution in [-0.2, 0) is 11.6 Å². The van der Waals surface area contributed by atoms with E-state index >= 15 is 0 Å². The van der Waals surface area contributed by atoms with Gasteiger partial charge in [-0.1, -0.05) is 20.8 Å². The summed E-state index contributed by atoms with van der Waals surface area (Å²) in [6.45, 7) is 9.10. The van der Waals surface area contributed by atoms with Crippen molar-refractivity contribution in [3.8, 4) is 0 Å². The van der Waals surface area contributed by atoms with Crippen LogP contribution in [0.4, 0.5) is 18.9 Å². The van der Waals surface area contributed by atoms with E-state index in [9.17, 15) is 13.2 Å². The lowest BCUT2D eigenvalue weighted by Crippen LogP contribution is -2.44. The Labute approximate surface area is 124 Å². The maximum absolute atomic E-state index is 13.1. The average molecular weight is 300 g/mol. The molecule has 2 nitrogen and oxygen atoms in total. The number of hydrogen-bond acceptors (Lipinski definition) is 2. The van der Waals surface area contributed by atoms with Gasteiger partial charge < -0.3 is 9.80 Å². The van der Waals surface area contributed by atoms with Crippen molar-refractivity contribution in [3.63, 3.8) is 0 Å². The third kappa shape index (κ3) is 3.90. The molecule has 0 bridgehead atoms. The van der Waals surface area contributed by atoms with E-state index < -0.39 is 11.7 Å². The molecule has 0 radical (unpaired) electrons. The fourth-order valence-corrected chi connectivity index (χ4v) is 2.46. The van der Waals surface area contributed by atoms with Gasteiger partial charge in [0, 0.05) is 31.9 Å². The predicted molar refractivity (Wildman–Crippen MR) is 79.9 cm³/mol. The van der Waals surface area contributed by atoms with Crippen LogP contribution in [0.5, 0.6) is 0 Å². The predicted octanol–water partition coefficient (Wildman–Crippen LogP) is 3.75. The molecule has 1 aromatic rings. The smallest absolute Gasteiger partial charge is 0.369 e. The lowest BCUT2D eigenvalue weighted by atomic mass is 9.85. The Balaban J connectivity index is 2.41. The van der Waals surface area contributed by atoms with Gasteiger partial charge >= 0.3 is 6.18 Å². The molecule has 1 fully saturated rings.